The summed E-state index contributed by atoms with van der Waals surface area (Å²) in [5, 5.41) is 0.987. The molecule has 2 aromatic heterocycles. The average molecular weight is 707 g/mol. The van der Waals surface area contributed by atoms with Crippen LogP contribution < -0.4 is 0 Å². The summed E-state index contributed by atoms with van der Waals surface area (Å²) in [5.74, 6) is 0.682. The van der Waals surface area contributed by atoms with E-state index in [0.717, 1.165) is 44.4 Å². The molecule has 3 nitrogen and oxygen atoms in total. The van der Waals surface area contributed by atoms with Gasteiger partial charge in [-0.1, -0.05) is 143 Å². The maximum atomic E-state index is 6.45. The second-order valence-electron chi connectivity index (χ2n) is 16.2. The van der Waals surface area contributed by atoms with Gasteiger partial charge in [-0.2, -0.15) is 0 Å². The SMILES string of the molecule is CC1(C)c2ccccc2-c2cc3c(cc21)-c1ccc(-c2cccc(-c4cccc(-c5nc(-c6ccccc6)nc6c5oc5ccccc56)c4)c2)cc1C3(C)C. The highest BCUT2D eigenvalue weighted by molar-refractivity contribution is 6.07. The minimum Gasteiger partial charge on any atom is -0.452 e. The van der Waals surface area contributed by atoms with Crippen LogP contribution in [0.1, 0.15) is 49.9 Å². The summed E-state index contributed by atoms with van der Waals surface area (Å²) >= 11 is 0. The van der Waals surface area contributed by atoms with Gasteiger partial charge in [0, 0.05) is 27.3 Å². The summed E-state index contributed by atoms with van der Waals surface area (Å²) in [6.45, 7) is 9.51. The average Bonchev–Trinajstić information content (AvgIpc) is 3.79. The molecule has 0 radical (unpaired) electrons. The number of para-hydroxylation sites is 1. The van der Waals surface area contributed by atoms with Crippen LogP contribution in [0.3, 0.4) is 0 Å². The Kier molecular flexibility index (Phi) is 6.65. The molecule has 0 saturated heterocycles. The third-order valence-corrected chi connectivity index (χ3v) is 12.3. The van der Waals surface area contributed by atoms with Crippen molar-refractivity contribution in [3.8, 4) is 67.2 Å². The molecule has 0 spiro atoms. The monoisotopic (exact) mass is 706 g/mol. The predicted octanol–water partition coefficient (Wildman–Crippen LogP) is 13.7. The van der Waals surface area contributed by atoms with E-state index in [1.165, 1.54) is 55.6 Å². The molecule has 0 N–H and O–H groups in total. The minimum absolute atomic E-state index is 0.0265. The fraction of sp³-hybridized carbons (Fsp3) is 0.115. The van der Waals surface area contributed by atoms with Gasteiger partial charge in [0.15, 0.2) is 11.4 Å². The summed E-state index contributed by atoms with van der Waals surface area (Å²) < 4.78 is 6.45. The largest absolute Gasteiger partial charge is 0.452 e. The van der Waals surface area contributed by atoms with Gasteiger partial charge in [0.1, 0.15) is 16.8 Å². The normalized spacial score (nSPS) is 14.5. The van der Waals surface area contributed by atoms with Gasteiger partial charge in [0.05, 0.1) is 0 Å². The minimum atomic E-state index is -0.124. The van der Waals surface area contributed by atoms with Crippen LogP contribution in [0.5, 0.6) is 0 Å². The second-order valence-corrected chi connectivity index (χ2v) is 16.2. The predicted molar refractivity (Wildman–Crippen MR) is 226 cm³/mol. The molecular formula is C52H38N2O. The summed E-state index contributed by atoms with van der Waals surface area (Å²) in [4.78, 5) is 10.2. The van der Waals surface area contributed by atoms with E-state index in [9.17, 15) is 0 Å². The quantitative estimate of drug-likeness (QED) is 0.183. The van der Waals surface area contributed by atoms with E-state index in [1.54, 1.807) is 0 Å². The Morgan fingerprint density at radius 1 is 0.400 bits per heavy atom. The molecule has 0 aliphatic heterocycles. The number of furan rings is 1. The van der Waals surface area contributed by atoms with Crippen molar-refractivity contribution in [3.63, 3.8) is 0 Å². The van der Waals surface area contributed by atoms with Crippen molar-refractivity contribution in [2.24, 2.45) is 0 Å². The Balaban J connectivity index is 0.987. The maximum Gasteiger partial charge on any atom is 0.180 e. The van der Waals surface area contributed by atoms with Crippen LogP contribution in [0, 0.1) is 0 Å². The smallest absolute Gasteiger partial charge is 0.180 e. The molecular weight excluding hydrogens is 669 g/mol. The van der Waals surface area contributed by atoms with Crippen molar-refractivity contribution in [1.29, 1.82) is 0 Å². The van der Waals surface area contributed by atoms with Crippen LogP contribution >= 0.6 is 0 Å². The van der Waals surface area contributed by atoms with Gasteiger partial charge in [0.25, 0.3) is 0 Å². The topological polar surface area (TPSA) is 38.9 Å². The van der Waals surface area contributed by atoms with Gasteiger partial charge >= 0.3 is 0 Å². The highest BCUT2D eigenvalue weighted by atomic mass is 16.3. The molecule has 0 bridgehead atoms. The number of nitrogens with zero attached hydrogens (tertiary/aromatic N) is 2. The molecule has 2 aliphatic carbocycles. The second kappa shape index (κ2) is 11.5. The maximum absolute atomic E-state index is 6.45. The molecule has 0 amide bonds. The van der Waals surface area contributed by atoms with Crippen molar-refractivity contribution >= 4 is 22.1 Å². The van der Waals surface area contributed by atoms with Crippen molar-refractivity contribution in [2.75, 3.05) is 0 Å². The first-order valence-electron chi connectivity index (χ1n) is 19.2. The highest BCUT2D eigenvalue weighted by Gasteiger charge is 2.41. The molecule has 0 unspecified atom stereocenters. The molecule has 262 valence electrons. The fourth-order valence-corrected chi connectivity index (χ4v) is 9.34. The lowest BCUT2D eigenvalue weighted by molar-refractivity contribution is 0.652. The first kappa shape index (κ1) is 31.9. The standard InChI is InChI=1S/C52H38N2O/c1-51(2)42-22-10-8-20-37(42)40-29-45-41(30-44(40)51)38-25-24-35(28-43(38)52(45,3)4)33-17-12-16-32(26-33)34-18-13-19-36(27-34)47-49-48(39-21-9-11-23-46(39)55-49)54-50(53-47)31-14-6-5-7-15-31/h5-30H,1-4H3. The zero-order valence-corrected chi connectivity index (χ0v) is 31.3. The van der Waals surface area contributed by atoms with Crippen LogP contribution in [0.15, 0.2) is 162 Å². The Labute approximate surface area is 321 Å². The lowest BCUT2D eigenvalue weighted by atomic mass is 9.79. The molecule has 2 heterocycles. The molecule has 7 aromatic carbocycles. The van der Waals surface area contributed by atoms with E-state index in [4.69, 9.17) is 14.4 Å². The fourth-order valence-electron chi connectivity index (χ4n) is 9.34. The zero-order chi connectivity index (χ0) is 37.1. The van der Waals surface area contributed by atoms with Gasteiger partial charge in [-0.25, -0.2) is 9.97 Å². The number of benzene rings is 7. The summed E-state index contributed by atoms with van der Waals surface area (Å²) in [6.07, 6.45) is 0. The molecule has 0 saturated carbocycles. The Morgan fingerprint density at radius 2 is 0.945 bits per heavy atom. The van der Waals surface area contributed by atoms with E-state index in [1.807, 2.05) is 36.4 Å². The van der Waals surface area contributed by atoms with Crippen LogP contribution in [-0.2, 0) is 10.8 Å². The van der Waals surface area contributed by atoms with E-state index in [-0.39, 0.29) is 10.8 Å². The summed E-state index contributed by atoms with van der Waals surface area (Å²) in [6, 6.07) is 56.8. The lowest BCUT2D eigenvalue weighted by Gasteiger charge is -2.24. The molecule has 55 heavy (non-hydrogen) atoms. The highest BCUT2D eigenvalue weighted by Crippen LogP contribution is 2.56. The molecule has 9 aromatic rings. The third kappa shape index (κ3) is 4.69. The zero-order valence-electron chi connectivity index (χ0n) is 31.3. The Hall–Kier alpha value is -6.58. The lowest BCUT2D eigenvalue weighted by Crippen LogP contribution is -2.17. The number of fused-ring (bicyclic) bond motifs is 9. The van der Waals surface area contributed by atoms with E-state index < -0.39 is 0 Å². The molecule has 3 heteroatoms. The van der Waals surface area contributed by atoms with Gasteiger partial charge in [-0.15, -0.1) is 0 Å². The van der Waals surface area contributed by atoms with Crippen molar-refractivity contribution in [2.45, 2.75) is 38.5 Å². The van der Waals surface area contributed by atoms with Crippen LogP contribution in [-0.4, -0.2) is 9.97 Å². The number of rotatable bonds is 4. The van der Waals surface area contributed by atoms with Crippen molar-refractivity contribution in [3.05, 3.63) is 180 Å². The van der Waals surface area contributed by atoms with Gasteiger partial charge < -0.3 is 4.42 Å². The first-order valence-corrected chi connectivity index (χ1v) is 19.2. The number of aromatic nitrogens is 2. The van der Waals surface area contributed by atoms with Crippen molar-refractivity contribution in [1.82, 2.24) is 9.97 Å². The number of hydrogen-bond acceptors (Lipinski definition) is 3. The number of hydrogen-bond donors (Lipinski definition) is 0. The summed E-state index contributed by atoms with van der Waals surface area (Å²) in [5.41, 5.74) is 20.7. The Morgan fingerprint density at radius 3 is 1.69 bits per heavy atom. The van der Waals surface area contributed by atoms with Gasteiger partial charge in [-0.3, -0.25) is 0 Å². The first-order chi connectivity index (χ1) is 26.8. The van der Waals surface area contributed by atoms with E-state index >= 15 is 0 Å². The van der Waals surface area contributed by atoms with Crippen molar-refractivity contribution < 1.29 is 4.42 Å². The van der Waals surface area contributed by atoms with Gasteiger partial charge in [0.2, 0.25) is 0 Å². The Bertz CT molecular complexity index is 3040. The van der Waals surface area contributed by atoms with Gasteiger partial charge in [-0.05, 0) is 109 Å². The molecule has 11 rings (SSSR count). The third-order valence-electron chi connectivity index (χ3n) is 12.3. The van der Waals surface area contributed by atoms with Crippen LogP contribution in [0.4, 0.5) is 0 Å². The summed E-state index contributed by atoms with van der Waals surface area (Å²) in [7, 11) is 0. The van der Waals surface area contributed by atoms with Crippen LogP contribution in [0.2, 0.25) is 0 Å². The molecule has 2 aliphatic rings. The van der Waals surface area contributed by atoms with Crippen LogP contribution in [0.25, 0.3) is 89.2 Å². The molecule has 0 atom stereocenters. The van der Waals surface area contributed by atoms with E-state index in [0.29, 0.717) is 11.4 Å². The van der Waals surface area contributed by atoms with E-state index in [2.05, 4.69) is 149 Å². The molecule has 0 fully saturated rings.